The highest BCUT2D eigenvalue weighted by molar-refractivity contribution is 7.87. The molecule has 0 atom stereocenters. The van der Waals surface area contributed by atoms with Gasteiger partial charge in [-0.3, -0.25) is 27.7 Å². The Balaban J connectivity index is 1.65. The molecule has 0 fully saturated rings. The van der Waals surface area contributed by atoms with E-state index < -0.39 is 141 Å². The predicted octanol–water partition coefficient (Wildman–Crippen LogP) is 0.938. The first-order valence-electron chi connectivity index (χ1n) is 11.0. The summed E-state index contributed by atoms with van der Waals surface area (Å²) in [5, 5.41) is -4.27. The minimum absolute atomic E-state index is 0.286. The Morgan fingerprint density at radius 3 is 0.804 bits per heavy atom. The molecule has 24 heteroatoms. The van der Waals surface area contributed by atoms with E-state index in [-0.39, 0.29) is 12.1 Å². The average Bonchev–Trinajstić information content (AvgIpc) is 3.35. The van der Waals surface area contributed by atoms with Crippen molar-refractivity contribution in [2.75, 3.05) is 0 Å². The third-order valence-corrected chi connectivity index (χ3v) is 8.41. The Labute approximate surface area is 242 Å². The first-order valence-corrected chi connectivity index (χ1v) is 13.8. The van der Waals surface area contributed by atoms with Crippen molar-refractivity contribution in [3.8, 4) is 0 Å². The lowest BCUT2D eigenvalue weighted by Crippen LogP contribution is -2.37. The van der Waals surface area contributed by atoms with Crippen LogP contribution >= 0.6 is 0 Å². The van der Waals surface area contributed by atoms with Crippen LogP contribution in [0.2, 0.25) is 0 Å². The van der Waals surface area contributed by atoms with Crippen LogP contribution in [0.3, 0.4) is 0 Å². The van der Waals surface area contributed by atoms with E-state index in [1.165, 1.54) is 0 Å². The quantitative estimate of drug-likeness (QED) is 0.141. The molecule has 12 nitrogen and oxygen atoms in total. The van der Waals surface area contributed by atoms with Crippen molar-refractivity contribution >= 4 is 41.8 Å². The third-order valence-electron chi connectivity index (χ3n) is 6.00. The largest absolute Gasteiger partial charge is 0.363 e. The Morgan fingerprint density at radius 1 is 0.391 bits per heavy atom. The van der Waals surface area contributed by atoms with Crippen molar-refractivity contribution in [3.05, 3.63) is 112 Å². The van der Waals surface area contributed by atoms with E-state index >= 15 is 0 Å². The molecule has 2 heterocycles. The van der Waals surface area contributed by atoms with Gasteiger partial charge in [-0.25, -0.2) is 43.9 Å². The maximum atomic E-state index is 14.0. The molecule has 2 aromatic heterocycles. The number of halogens is 10. The van der Waals surface area contributed by atoms with Gasteiger partial charge in [0.15, 0.2) is 56.3 Å². The maximum Gasteiger partial charge on any atom is 0.363 e. The summed E-state index contributed by atoms with van der Waals surface area (Å²) in [5.41, 5.74) is -7.65. The zero-order valence-corrected chi connectivity index (χ0v) is 22.4. The molecule has 0 saturated heterocycles. The van der Waals surface area contributed by atoms with Crippen molar-refractivity contribution in [3.63, 3.8) is 0 Å². The van der Waals surface area contributed by atoms with Crippen LogP contribution in [-0.4, -0.2) is 26.3 Å². The molecular formula is C22H2F10N2O10S2. The minimum atomic E-state index is -6.23. The highest BCUT2D eigenvalue weighted by Crippen LogP contribution is 2.28. The van der Waals surface area contributed by atoms with E-state index in [1.807, 2.05) is 0 Å². The Morgan fingerprint density at radius 2 is 0.587 bits per heavy atom. The van der Waals surface area contributed by atoms with Crippen molar-refractivity contribution in [2.45, 2.75) is 9.79 Å². The van der Waals surface area contributed by atoms with Crippen molar-refractivity contribution in [1.82, 2.24) is 9.46 Å². The van der Waals surface area contributed by atoms with Crippen molar-refractivity contribution < 1.29 is 69.3 Å². The molecule has 0 N–H and O–H groups in total. The highest BCUT2D eigenvalue weighted by atomic mass is 32.2. The maximum absolute atomic E-state index is 14.0. The lowest BCUT2D eigenvalue weighted by molar-refractivity contribution is 0.257. The van der Waals surface area contributed by atoms with Gasteiger partial charge >= 0.3 is 20.2 Å². The molecule has 5 aromatic rings. The van der Waals surface area contributed by atoms with Gasteiger partial charge in [-0.15, -0.1) is 0 Å². The molecule has 5 rings (SSSR count). The first-order chi connectivity index (χ1) is 21.2. The fraction of sp³-hybridized carbons (Fsp3) is 0. The van der Waals surface area contributed by atoms with E-state index in [0.29, 0.717) is 0 Å². The normalized spacial score (nSPS) is 12.4. The van der Waals surface area contributed by atoms with Crippen molar-refractivity contribution in [1.29, 1.82) is 0 Å². The van der Waals surface area contributed by atoms with Crippen LogP contribution in [0.15, 0.2) is 41.1 Å². The Kier molecular flexibility index (Phi) is 7.08. The molecule has 46 heavy (non-hydrogen) atoms. The second-order valence-corrected chi connectivity index (χ2v) is 11.5. The van der Waals surface area contributed by atoms with Crippen LogP contribution < -0.4 is 30.8 Å². The number of nitrogens with zero attached hydrogens (tertiary/aromatic N) is 2. The van der Waals surface area contributed by atoms with E-state index in [9.17, 15) is 79.9 Å². The summed E-state index contributed by atoms with van der Waals surface area (Å²) in [5.74, 6) is -28.4. The van der Waals surface area contributed by atoms with Gasteiger partial charge in [0.25, 0.3) is 22.2 Å². The van der Waals surface area contributed by atoms with Gasteiger partial charge in [0.2, 0.25) is 11.6 Å². The standard InChI is InChI=1S/C22H2F10N2O10S2/c23-7-9(25)13(29)17(14(30)10(7)26)45(39,40)43-33-19(35)3-1-4-6(2-5(3)21(33)37)22(38)34(20(4)36)44-46(41,42)18-15(31)11(27)8(24)12(28)16(18)32/h1-2H. The molecule has 0 saturated carbocycles. The molecular weight excluding hydrogens is 706 g/mol. The second kappa shape index (κ2) is 10.1. The number of aromatic nitrogens is 2. The fourth-order valence-corrected chi connectivity index (χ4v) is 5.99. The summed E-state index contributed by atoms with van der Waals surface area (Å²) in [6.45, 7) is 0. The zero-order valence-electron chi connectivity index (χ0n) is 20.7. The third kappa shape index (κ3) is 4.34. The van der Waals surface area contributed by atoms with Crippen LogP contribution in [0.1, 0.15) is 0 Å². The summed E-state index contributed by atoms with van der Waals surface area (Å²) >= 11 is 0. The van der Waals surface area contributed by atoms with Gasteiger partial charge in [-0.2, -0.15) is 16.8 Å². The van der Waals surface area contributed by atoms with E-state index in [2.05, 4.69) is 8.57 Å². The number of benzene rings is 3. The van der Waals surface area contributed by atoms with Gasteiger partial charge in [0.1, 0.15) is 0 Å². The molecule has 0 aliphatic rings. The number of rotatable bonds is 6. The number of hydrogen-bond donors (Lipinski definition) is 0. The lowest BCUT2D eigenvalue weighted by Gasteiger charge is -2.09. The van der Waals surface area contributed by atoms with Gasteiger partial charge in [0, 0.05) is 0 Å². The average molecular weight is 708 g/mol. The summed E-state index contributed by atoms with van der Waals surface area (Å²) in [4.78, 5) is 45.6. The van der Waals surface area contributed by atoms with Crippen molar-refractivity contribution in [2.24, 2.45) is 0 Å². The number of hydrogen-bond acceptors (Lipinski definition) is 10. The van der Waals surface area contributed by atoms with Crippen LogP contribution in [0.25, 0.3) is 21.5 Å². The molecule has 242 valence electrons. The summed E-state index contributed by atoms with van der Waals surface area (Å²) < 4.78 is 193. The summed E-state index contributed by atoms with van der Waals surface area (Å²) in [6, 6.07) is 0.571. The SMILES string of the molecule is O=c1c2cc3c(=O)n(OS(=O)(=O)c4c(F)c(F)c(F)c(F)c4F)c(=O)c3cc2c(=O)n1OS(=O)(=O)c1c(F)c(F)c(F)c(F)c1F. The Hall–Kier alpha value is -5.26. The Bertz CT molecular complexity index is 2350. The van der Waals surface area contributed by atoms with Gasteiger partial charge < -0.3 is 0 Å². The zero-order chi connectivity index (χ0) is 34.5. The topological polar surface area (TPSA) is 165 Å². The van der Waals surface area contributed by atoms with Crippen LogP contribution in [0, 0.1) is 58.2 Å². The van der Waals surface area contributed by atoms with Crippen LogP contribution in [-0.2, 0) is 20.2 Å². The fourth-order valence-electron chi connectivity index (χ4n) is 3.94. The smallest absolute Gasteiger partial charge is 0.277 e. The molecule has 0 aliphatic heterocycles. The van der Waals surface area contributed by atoms with Gasteiger partial charge in [-0.05, 0) is 12.1 Å². The molecule has 0 bridgehead atoms. The van der Waals surface area contributed by atoms with Gasteiger partial charge in [-0.1, -0.05) is 9.46 Å². The summed E-state index contributed by atoms with van der Waals surface area (Å²) in [7, 11) is -12.5. The summed E-state index contributed by atoms with van der Waals surface area (Å²) in [6.07, 6.45) is 0. The highest BCUT2D eigenvalue weighted by Gasteiger charge is 2.38. The molecule has 3 aromatic carbocycles. The monoisotopic (exact) mass is 708 g/mol. The lowest BCUT2D eigenvalue weighted by atomic mass is 10.1. The number of fused-ring (bicyclic) bond motifs is 2. The van der Waals surface area contributed by atoms with Gasteiger partial charge in [0.05, 0.1) is 21.5 Å². The molecule has 0 aliphatic carbocycles. The van der Waals surface area contributed by atoms with E-state index in [4.69, 9.17) is 0 Å². The predicted molar refractivity (Wildman–Crippen MR) is 125 cm³/mol. The van der Waals surface area contributed by atoms with Crippen LogP contribution in [0.4, 0.5) is 43.9 Å². The van der Waals surface area contributed by atoms with E-state index in [1.54, 1.807) is 0 Å². The first kappa shape index (κ1) is 32.1. The second-order valence-electron chi connectivity index (χ2n) is 8.61. The minimum Gasteiger partial charge on any atom is -0.277 e. The van der Waals surface area contributed by atoms with Crippen LogP contribution in [0.5, 0.6) is 0 Å². The van der Waals surface area contributed by atoms with E-state index in [0.717, 1.165) is 0 Å². The molecule has 0 radical (unpaired) electrons. The molecule has 0 spiro atoms. The molecule has 0 amide bonds. The molecule has 0 unspecified atom stereocenters.